The highest BCUT2D eigenvalue weighted by Gasteiger charge is 2.23. The van der Waals surface area contributed by atoms with Crippen molar-refractivity contribution < 1.29 is 14.3 Å². The van der Waals surface area contributed by atoms with Gasteiger partial charge in [0.1, 0.15) is 18.5 Å². The molecule has 7 nitrogen and oxygen atoms in total. The molecule has 2 aliphatic heterocycles. The van der Waals surface area contributed by atoms with E-state index in [4.69, 9.17) is 9.72 Å². The summed E-state index contributed by atoms with van der Waals surface area (Å²) in [5.41, 5.74) is 1.85. The van der Waals surface area contributed by atoms with E-state index in [1.54, 1.807) is 0 Å². The number of para-hydroxylation sites is 2. The molecule has 2 aromatic rings. The maximum Gasteiger partial charge on any atom is 0.249 e. The van der Waals surface area contributed by atoms with Crippen molar-refractivity contribution in [2.75, 3.05) is 26.2 Å². The second-order valence-electron chi connectivity index (χ2n) is 7.94. The zero-order valence-corrected chi connectivity index (χ0v) is 16.9. The first kappa shape index (κ1) is 19.9. The van der Waals surface area contributed by atoms with Gasteiger partial charge in [0.15, 0.2) is 0 Å². The number of nitrogens with one attached hydrogen (secondary N) is 1. The van der Waals surface area contributed by atoms with Crippen molar-refractivity contribution in [3.05, 3.63) is 30.1 Å². The smallest absolute Gasteiger partial charge is 0.249 e. The van der Waals surface area contributed by atoms with Crippen LogP contribution in [0.5, 0.6) is 0 Å². The Balaban J connectivity index is 1.45. The van der Waals surface area contributed by atoms with Crippen molar-refractivity contribution in [1.82, 2.24) is 19.8 Å². The lowest BCUT2D eigenvalue weighted by Gasteiger charge is -2.21. The number of benzene rings is 1. The number of amides is 2. The minimum atomic E-state index is -0.321. The first-order chi connectivity index (χ1) is 14.2. The Morgan fingerprint density at radius 1 is 1.10 bits per heavy atom. The molecule has 0 radical (unpaired) electrons. The van der Waals surface area contributed by atoms with E-state index in [1.807, 2.05) is 33.7 Å². The molecule has 2 aliphatic rings. The van der Waals surface area contributed by atoms with Crippen LogP contribution in [0.3, 0.4) is 0 Å². The van der Waals surface area contributed by atoms with Gasteiger partial charge in [0.05, 0.1) is 11.0 Å². The molecule has 2 amide bonds. The SMILES string of the molecule is O=C(NCCc1nc2ccccc2n1CC(=O)N1CCCCCC1)C1CCCO1. The zero-order valence-electron chi connectivity index (χ0n) is 16.9. The highest BCUT2D eigenvalue weighted by Crippen LogP contribution is 2.18. The highest BCUT2D eigenvalue weighted by atomic mass is 16.5. The number of ether oxygens (including phenoxy) is 1. The van der Waals surface area contributed by atoms with E-state index in [0.29, 0.717) is 26.1 Å². The van der Waals surface area contributed by atoms with Gasteiger partial charge in [-0.05, 0) is 37.8 Å². The van der Waals surface area contributed by atoms with Crippen LogP contribution < -0.4 is 5.32 Å². The molecule has 29 heavy (non-hydrogen) atoms. The number of aromatic nitrogens is 2. The molecule has 0 saturated carbocycles. The second-order valence-corrected chi connectivity index (χ2v) is 7.94. The summed E-state index contributed by atoms with van der Waals surface area (Å²) in [6.45, 7) is 3.14. The number of nitrogens with zero attached hydrogens (tertiary/aromatic N) is 3. The normalized spacial score (nSPS) is 20.0. The molecular weight excluding hydrogens is 368 g/mol. The molecule has 1 aromatic heterocycles. The van der Waals surface area contributed by atoms with Crippen LogP contribution in [0.25, 0.3) is 11.0 Å². The maximum absolute atomic E-state index is 13.0. The maximum atomic E-state index is 13.0. The monoisotopic (exact) mass is 398 g/mol. The summed E-state index contributed by atoms with van der Waals surface area (Å²) in [6, 6.07) is 7.91. The molecule has 1 unspecified atom stereocenters. The Morgan fingerprint density at radius 2 is 1.90 bits per heavy atom. The summed E-state index contributed by atoms with van der Waals surface area (Å²) in [7, 11) is 0. The summed E-state index contributed by atoms with van der Waals surface area (Å²) in [5.74, 6) is 0.938. The molecule has 3 heterocycles. The van der Waals surface area contributed by atoms with Gasteiger partial charge < -0.3 is 19.5 Å². The molecule has 2 fully saturated rings. The van der Waals surface area contributed by atoms with Crippen LogP contribution in [0.1, 0.15) is 44.3 Å². The van der Waals surface area contributed by atoms with E-state index in [0.717, 1.165) is 55.6 Å². The Labute approximate surface area is 171 Å². The highest BCUT2D eigenvalue weighted by molar-refractivity contribution is 5.82. The number of hydrogen-bond donors (Lipinski definition) is 1. The van der Waals surface area contributed by atoms with Crippen LogP contribution >= 0.6 is 0 Å². The van der Waals surface area contributed by atoms with Crippen LogP contribution in [-0.4, -0.2) is 58.6 Å². The van der Waals surface area contributed by atoms with Crippen LogP contribution in [0.15, 0.2) is 24.3 Å². The number of fused-ring (bicyclic) bond motifs is 1. The summed E-state index contributed by atoms with van der Waals surface area (Å²) < 4.78 is 7.45. The number of carbonyl (C=O) groups is 2. The van der Waals surface area contributed by atoms with Crippen LogP contribution in [0.4, 0.5) is 0 Å². The van der Waals surface area contributed by atoms with Crippen LogP contribution in [0, 0.1) is 0 Å². The van der Waals surface area contributed by atoms with Gasteiger partial charge >= 0.3 is 0 Å². The lowest BCUT2D eigenvalue weighted by atomic mass is 10.2. The third-order valence-corrected chi connectivity index (χ3v) is 5.86. The molecule has 0 bridgehead atoms. The van der Waals surface area contributed by atoms with Crippen molar-refractivity contribution in [2.24, 2.45) is 0 Å². The van der Waals surface area contributed by atoms with Gasteiger partial charge in [-0.25, -0.2) is 4.98 Å². The predicted molar refractivity (Wildman–Crippen MR) is 110 cm³/mol. The van der Waals surface area contributed by atoms with Crippen molar-refractivity contribution in [2.45, 2.75) is 57.6 Å². The molecule has 4 rings (SSSR count). The summed E-state index contributed by atoms with van der Waals surface area (Å²) in [4.78, 5) is 31.9. The van der Waals surface area contributed by atoms with E-state index in [-0.39, 0.29) is 17.9 Å². The largest absolute Gasteiger partial charge is 0.368 e. The number of imidazole rings is 1. The molecule has 0 aliphatic carbocycles. The van der Waals surface area contributed by atoms with Gasteiger partial charge in [0, 0.05) is 32.7 Å². The minimum Gasteiger partial charge on any atom is -0.368 e. The van der Waals surface area contributed by atoms with E-state index in [2.05, 4.69) is 5.32 Å². The van der Waals surface area contributed by atoms with E-state index in [9.17, 15) is 9.59 Å². The molecule has 1 N–H and O–H groups in total. The van der Waals surface area contributed by atoms with Gasteiger partial charge in [-0.15, -0.1) is 0 Å². The van der Waals surface area contributed by atoms with E-state index < -0.39 is 0 Å². The Kier molecular flexibility index (Phi) is 6.44. The number of rotatable bonds is 6. The number of hydrogen-bond acceptors (Lipinski definition) is 4. The Morgan fingerprint density at radius 3 is 2.66 bits per heavy atom. The molecule has 156 valence electrons. The molecule has 1 aromatic carbocycles. The summed E-state index contributed by atoms with van der Waals surface area (Å²) in [5, 5.41) is 2.96. The van der Waals surface area contributed by atoms with Crippen molar-refractivity contribution in [3.63, 3.8) is 0 Å². The molecule has 7 heteroatoms. The summed E-state index contributed by atoms with van der Waals surface area (Å²) in [6.07, 6.45) is 6.55. The number of carbonyl (C=O) groups excluding carboxylic acids is 2. The van der Waals surface area contributed by atoms with E-state index >= 15 is 0 Å². The van der Waals surface area contributed by atoms with Crippen molar-refractivity contribution in [3.8, 4) is 0 Å². The molecular formula is C22H30N4O3. The average molecular weight is 399 g/mol. The standard InChI is InChI=1S/C22H30N4O3/c27-21(25-13-5-1-2-6-14-25)16-26-18-9-4-3-8-17(18)24-20(26)11-12-23-22(28)19-10-7-15-29-19/h3-4,8-9,19H,1-2,5-7,10-16H2,(H,23,28). The fraction of sp³-hybridized carbons (Fsp3) is 0.591. The van der Waals surface area contributed by atoms with E-state index in [1.165, 1.54) is 12.8 Å². The predicted octanol–water partition coefficient (Wildman–Crippen LogP) is 2.28. The van der Waals surface area contributed by atoms with Crippen molar-refractivity contribution in [1.29, 1.82) is 0 Å². The lowest BCUT2D eigenvalue weighted by Crippen LogP contribution is -2.36. The van der Waals surface area contributed by atoms with Gasteiger partial charge in [0.2, 0.25) is 11.8 Å². The molecule has 0 spiro atoms. The topological polar surface area (TPSA) is 76.5 Å². The molecule has 1 atom stereocenters. The molecule has 2 saturated heterocycles. The average Bonchev–Trinajstić information content (AvgIpc) is 3.29. The van der Waals surface area contributed by atoms with Crippen molar-refractivity contribution >= 4 is 22.8 Å². The Hall–Kier alpha value is -2.41. The Bertz CT molecular complexity index is 849. The zero-order chi connectivity index (χ0) is 20.1. The quantitative estimate of drug-likeness (QED) is 0.810. The van der Waals surface area contributed by atoms with Gasteiger partial charge in [-0.1, -0.05) is 25.0 Å². The van der Waals surface area contributed by atoms with Gasteiger partial charge in [0.25, 0.3) is 0 Å². The fourth-order valence-corrected chi connectivity index (χ4v) is 4.24. The van der Waals surface area contributed by atoms with Crippen LogP contribution in [-0.2, 0) is 27.3 Å². The first-order valence-electron chi connectivity index (χ1n) is 10.8. The third-order valence-electron chi connectivity index (χ3n) is 5.86. The fourth-order valence-electron chi connectivity index (χ4n) is 4.24. The number of likely N-dealkylation sites (tertiary alicyclic amines) is 1. The minimum absolute atomic E-state index is 0.0502. The van der Waals surface area contributed by atoms with Gasteiger partial charge in [-0.3, -0.25) is 9.59 Å². The second kappa shape index (κ2) is 9.39. The summed E-state index contributed by atoms with van der Waals surface area (Å²) >= 11 is 0. The van der Waals surface area contributed by atoms with Crippen LogP contribution in [0.2, 0.25) is 0 Å². The lowest BCUT2D eigenvalue weighted by molar-refractivity contribution is -0.132. The van der Waals surface area contributed by atoms with Gasteiger partial charge in [-0.2, -0.15) is 0 Å². The first-order valence-corrected chi connectivity index (χ1v) is 10.8. The third kappa shape index (κ3) is 4.78.